The second-order valence-corrected chi connectivity index (χ2v) is 5.90. The first-order valence-electron chi connectivity index (χ1n) is 8.38. The van der Waals surface area contributed by atoms with Gasteiger partial charge in [-0.05, 0) is 36.4 Å². The summed E-state index contributed by atoms with van der Waals surface area (Å²) in [5, 5.41) is 5.59. The molecule has 136 valence electrons. The molecular formula is C19H20FN3O3. The van der Waals surface area contributed by atoms with Gasteiger partial charge in [-0.25, -0.2) is 4.39 Å². The van der Waals surface area contributed by atoms with Gasteiger partial charge in [0.15, 0.2) is 0 Å². The number of nitrogens with zero attached hydrogens (tertiary/aromatic N) is 1. The van der Waals surface area contributed by atoms with E-state index in [9.17, 15) is 14.0 Å². The number of morpholine rings is 1. The van der Waals surface area contributed by atoms with Gasteiger partial charge >= 0.3 is 0 Å². The first-order valence-corrected chi connectivity index (χ1v) is 8.38. The van der Waals surface area contributed by atoms with Crippen molar-refractivity contribution in [1.29, 1.82) is 0 Å². The monoisotopic (exact) mass is 357 g/mol. The third kappa shape index (κ3) is 4.80. The van der Waals surface area contributed by atoms with E-state index in [-0.39, 0.29) is 18.4 Å². The van der Waals surface area contributed by atoms with Gasteiger partial charge in [-0.2, -0.15) is 0 Å². The fourth-order valence-corrected chi connectivity index (χ4v) is 2.66. The molecular weight excluding hydrogens is 337 g/mol. The van der Waals surface area contributed by atoms with Crippen LogP contribution in [0.5, 0.6) is 0 Å². The lowest BCUT2D eigenvalue weighted by Crippen LogP contribution is -2.40. The second-order valence-electron chi connectivity index (χ2n) is 5.90. The first kappa shape index (κ1) is 17.9. The number of carbonyl (C=O) groups is 2. The molecule has 1 fully saturated rings. The summed E-state index contributed by atoms with van der Waals surface area (Å²) in [6.45, 7) is 2.25. The van der Waals surface area contributed by atoms with Crippen molar-refractivity contribution in [2.24, 2.45) is 0 Å². The Hall–Kier alpha value is -2.93. The highest BCUT2D eigenvalue weighted by Crippen LogP contribution is 2.14. The summed E-state index contributed by atoms with van der Waals surface area (Å²) in [6, 6.07) is 12.7. The standard InChI is InChI=1S/C19H20FN3O3/c20-15-4-2-6-17(12-15)22-18(24)13-21-16-5-1-3-14(11-16)19(25)23-7-9-26-10-8-23/h1-6,11-12,21H,7-10,13H2,(H,22,24). The van der Waals surface area contributed by atoms with Crippen molar-refractivity contribution in [1.82, 2.24) is 4.90 Å². The highest BCUT2D eigenvalue weighted by atomic mass is 19.1. The molecule has 3 rings (SSSR count). The molecule has 2 N–H and O–H groups in total. The summed E-state index contributed by atoms with van der Waals surface area (Å²) < 4.78 is 18.4. The molecule has 1 aliphatic rings. The van der Waals surface area contributed by atoms with Gasteiger partial charge < -0.3 is 20.3 Å². The zero-order chi connectivity index (χ0) is 18.4. The van der Waals surface area contributed by atoms with Gasteiger partial charge in [0.25, 0.3) is 5.91 Å². The maximum atomic E-state index is 13.1. The van der Waals surface area contributed by atoms with Crippen LogP contribution in [-0.2, 0) is 9.53 Å². The zero-order valence-electron chi connectivity index (χ0n) is 14.2. The van der Waals surface area contributed by atoms with Crippen molar-refractivity contribution in [2.45, 2.75) is 0 Å². The summed E-state index contributed by atoms with van der Waals surface area (Å²) in [5.74, 6) is -0.772. The van der Waals surface area contributed by atoms with E-state index in [2.05, 4.69) is 10.6 Å². The Kier molecular flexibility index (Phi) is 5.80. The Balaban J connectivity index is 1.56. The number of rotatable bonds is 5. The van der Waals surface area contributed by atoms with Gasteiger partial charge in [-0.1, -0.05) is 12.1 Å². The number of hydrogen-bond acceptors (Lipinski definition) is 4. The summed E-state index contributed by atoms with van der Waals surface area (Å²) in [7, 11) is 0. The van der Waals surface area contributed by atoms with Crippen LogP contribution < -0.4 is 10.6 Å². The maximum absolute atomic E-state index is 13.1. The highest BCUT2D eigenvalue weighted by molar-refractivity contribution is 5.96. The number of amides is 2. The number of hydrogen-bond donors (Lipinski definition) is 2. The number of ether oxygens (including phenoxy) is 1. The molecule has 0 saturated carbocycles. The van der Waals surface area contributed by atoms with Crippen LogP contribution in [-0.4, -0.2) is 49.6 Å². The lowest BCUT2D eigenvalue weighted by atomic mass is 10.1. The summed E-state index contributed by atoms with van der Waals surface area (Å²) in [5.41, 5.74) is 1.62. The third-order valence-corrected chi connectivity index (χ3v) is 3.97. The van der Waals surface area contributed by atoms with Crippen molar-refractivity contribution < 1.29 is 18.7 Å². The molecule has 7 heteroatoms. The summed E-state index contributed by atoms with van der Waals surface area (Å²) >= 11 is 0. The van der Waals surface area contributed by atoms with Crippen LogP contribution in [0.15, 0.2) is 48.5 Å². The van der Waals surface area contributed by atoms with Gasteiger partial charge in [0.1, 0.15) is 5.82 Å². The van der Waals surface area contributed by atoms with Crippen molar-refractivity contribution in [3.8, 4) is 0 Å². The quantitative estimate of drug-likeness (QED) is 0.862. The minimum atomic E-state index is -0.412. The fraction of sp³-hybridized carbons (Fsp3) is 0.263. The van der Waals surface area contributed by atoms with Crippen LogP contribution in [0, 0.1) is 5.82 Å². The van der Waals surface area contributed by atoms with Gasteiger partial charge in [-0.15, -0.1) is 0 Å². The summed E-state index contributed by atoms with van der Waals surface area (Å²) in [6.07, 6.45) is 0. The average molecular weight is 357 g/mol. The van der Waals surface area contributed by atoms with Crippen LogP contribution in [0.3, 0.4) is 0 Å². The third-order valence-electron chi connectivity index (χ3n) is 3.97. The minimum Gasteiger partial charge on any atom is -0.378 e. The molecule has 1 aliphatic heterocycles. The number of anilines is 2. The maximum Gasteiger partial charge on any atom is 0.254 e. The molecule has 6 nitrogen and oxygen atoms in total. The molecule has 2 aromatic carbocycles. The van der Waals surface area contributed by atoms with Crippen molar-refractivity contribution >= 4 is 23.2 Å². The van der Waals surface area contributed by atoms with E-state index >= 15 is 0 Å². The average Bonchev–Trinajstić information content (AvgIpc) is 2.67. The van der Waals surface area contributed by atoms with Crippen LogP contribution in [0.4, 0.5) is 15.8 Å². The number of benzene rings is 2. The highest BCUT2D eigenvalue weighted by Gasteiger charge is 2.18. The zero-order valence-corrected chi connectivity index (χ0v) is 14.2. The molecule has 0 spiro atoms. The van der Waals surface area contributed by atoms with Gasteiger partial charge in [0, 0.05) is 30.0 Å². The molecule has 0 radical (unpaired) electrons. The molecule has 0 aromatic heterocycles. The van der Waals surface area contributed by atoms with Gasteiger partial charge in [-0.3, -0.25) is 9.59 Å². The van der Waals surface area contributed by atoms with E-state index in [4.69, 9.17) is 4.74 Å². The molecule has 0 unspecified atom stereocenters. The van der Waals surface area contributed by atoms with E-state index in [1.165, 1.54) is 18.2 Å². The Morgan fingerprint density at radius 3 is 2.54 bits per heavy atom. The molecule has 0 aliphatic carbocycles. The lowest BCUT2D eigenvalue weighted by Gasteiger charge is -2.27. The molecule has 2 aromatic rings. The lowest BCUT2D eigenvalue weighted by molar-refractivity contribution is -0.114. The van der Waals surface area contributed by atoms with Crippen LogP contribution in [0.2, 0.25) is 0 Å². The molecule has 0 atom stereocenters. The summed E-state index contributed by atoms with van der Waals surface area (Å²) in [4.78, 5) is 26.2. The normalized spacial score (nSPS) is 14.0. The van der Waals surface area contributed by atoms with Crippen LogP contribution in [0.25, 0.3) is 0 Å². The van der Waals surface area contributed by atoms with Crippen molar-refractivity contribution in [3.05, 3.63) is 59.9 Å². The molecule has 26 heavy (non-hydrogen) atoms. The SMILES string of the molecule is O=C(CNc1cccc(C(=O)N2CCOCC2)c1)Nc1cccc(F)c1. The predicted molar refractivity (Wildman–Crippen MR) is 96.7 cm³/mol. The Morgan fingerprint density at radius 1 is 1.04 bits per heavy atom. The van der Waals surface area contributed by atoms with E-state index in [0.29, 0.717) is 43.2 Å². The van der Waals surface area contributed by atoms with Crippen LogP contribution >= 0.6 is 0 Å². The van der Waals surface area contributed by atoms with Gasteiger partial charge in [0.2, 0.25) is 5.91 Å². The van der Waals surface area contributed by atoms with Crippen LogP contribution in [0.1, 0.15) is 10.4 Å². The smallest absolute Gasteiger partial charge is 0.254 e. The largest absolute Gasteiger partial charge is 0.378 e. The minimum absolute atomic E-state index is 0.00567. The fourth-order valence-electron chi connectivity index (χ4n) is 2.66. The van der Waals surface area contributed by atoms with Gasteiger partial charge in [0.05, 0.1) is 19.8 Å². The number of carbonyl (C=O) groups excluding carboxylic acids is 2. The number of halogens is 1. The van der Waals surface area contributed by atoms with E-state index < -0.39 is 5.82 Å². The Labute approximate surface area is 150 Å². The number of nitrogens with one attached hydrogen (secondary N) is 2. The Morgan fingerprint density at radius 2 is 1.77 bits per heavy atom. The second kappa shape index (κ2) is 8.44. The topological polar surface area (TPSA) is 70.7 Å². The van der Waals surface area contributed by atoms with E-state index in [0.717, 1.165) is 0 Å². The molecule has 0 bridgehead atoms. The van der Waals surface area contributed by atoms with E-state index in [1.54, 1.807) is 35.2 Å². The molecule has 1 heterocycles. The van der Waals surface area contributed by atoms with Crippen molar-refractivity contribution in [3.63, 3.8) is 0 Å². The molecule has 2 amide bonds. The first-order chi connectivity index (χ1) is 12.6. The predicted octanol–water partition coefficient (Wildman–Crippen LogP) is 2.35. The van der Waals surface area contributed by atoms with E-state index in [1.807, 2.05) is 0 Å². The van der Waals surface area contributed by atoms with Crippen molar-refractivity contribution in [2.75, 3.05) is 43.5 Å². The molecule has 1 saturated heterocycles. The Bertz CT molecular complexity index is 791.